The van der Waals surface area contributed by atoms with Crippen LogP contribution in [0.1, 0.15) is 37.0 Å². The van der Waals surface area contributed by atoms with Crippen LogP contribution in [0.5, 0.6) is 0 Å². The first-order valence-corrected chi connectivity index (χ1v) is 7.50. The normalized spacial score (nSPS) is 13.6. The highest BCUT2D eigenvalue weighted by Crippen LogP contribution is 2.36. The molecule has 0 aliphatic heterocycles. The van der Waals surface area contributed by atoms with Crippen LogP contribution in [0.4, 0.5) is 26.3 Å². The first kappa shape index (κ1) is 21.8. The fraction of sp³-hybridized carbons (Fsp3) is 0.500. The van der Waals surface area contributed by atoms with Crippen molar-refractivity contribution < 1.29 is 41.0 Å². The Balaban J connectivity index is 3.07. The smallest absolute Gasteiger partial charge is 0.416 e. The zero-order chi connectivity index (χ0) is 20.3. The lowest BCUT2D eigenvalue weighted by Crippen LogP contribution is -2.42. The van der Waals surface area contributed by atoms with Crippen LogP contribution in [0, 0.1) is 5.92 Å². The standard InChI is InChI=1S/C16H17F6NO3/c1-8(2)3-12(14(25)26)23-13(24)6-9-4-10(15(17,18)19)7-11(5-9)16(20,21)22/h4-5,7-8,12H,3,6H2,1-2H3,(H,23,24)(H,25,26)/t12-/m1/s1. The second kappa shape index (κ2) is 7.96. The maximum atomic E-state index is 12.8. The Kier molecular flexibility index (Phi) is 6.67. The molecule has 0 radical (unpaired) electrons. The second-order valence-electron chi connectivity index (χ2n) is 6.18. The Hall–Kier alpha value is -2.26. The van der Waals surface area contributed by atoms with Gasteiger partial charge in [-0.05, 0) is 36.1 Å². The number of nitrogens with one attached hydrogen (secondary N) is 1. The molecule has 1 aromatic carbocycles. The SMILES string of the molecule is CC(C)C[C@@H](NC(=O)Cc1cc(C(F)(F)F)cc(C(F)(F)F)c1)C(=O)O. The van der Waals surface area contributed by atoms with Crippen LogP contribution in [-0.4, -0.2) is 23.0 Å². The van der Waals surface area contributed by atoms with Crippen LogP contribution >= 0.6 is 0 Å². The number of carboxylic acid groups (broad SMARTS) is 1. The van der Waals surface area contributed by atoms with Gasteiger partial charge >= 0.3 is 18.3 Å². The van der Waals surface area contributed by atoms with Crippen molar-refractivity contribution in [3.8, 4) is 0 Å². The topological polar surface area (TPSA) is 66.4 Å². The van der Waals surface area contributed by atoms with E-state index >= 15 is 0 Å². The van der Waals surface area contributed by atoms with Crippen LogP contribution in [0.25, 0.3) is 0 Å². The third-order valence-electron chi connectivity index (χ3n) is 3.35. The van der Waals surface area contributed by atoms with E-state index in [1.165, 1.54) is 0 Å². The maximum absolute atomic E-state index is 12.8. The molecule has 26 heavy (non-hydrogen) atoms. The van der Waals surface area contributed by atoms with Crippen molar-refractivity contribution in [2.24, 2.45) is 5.92 Å². The van der Waals surface area contributed by atoms with Crippen LogP contribution in [0.15, 0.2) is 18.2 Å². The van der Waals surface area contributed by atoms with Gasteiger partial charge in [-0.3, -0.25) is 4.79 Å². The molecule has 1 atom stereocenters. The fourth-order valence-corrected chi connectivity index (χ4v) is 2.25. The van der Waals surface area contributed by atoms with Gasteiger partial charge in [-0.15, -0.1) is 0 Å². The molecular formula is C16H17F6NO3. The van der Waals surface area contributed by atoms with Gasteiger partial charge in [0.2, 0.25) is 5.91 Å². The summed E-state index contributed by atoms with van der Waals surface area (Å²) >= 11 is 0. The minimum absolute atomic E-state index is 0.0414. The number of hydrogen-bond donors (Lipinski definition) is 2. The summed E-state index contributed by atoms with van der Waals surface area (Å²) < 4.78 is 76.7. The van der Waals surface area contributed by atoms with Gasteiger partial charge in [0.1, 0.15) is 6.04 Å². The average Bonchev–Trinajstić information content (AvgIpc) is 2.43. The van der Waals surface area contributed by atoms with Crippen LogP contribution < -0.4 is 5.32 Å². The second-order valence-corrected chi connectivity index (χ2v) is 6.18. The summed E-state index contributed by atoms with van der Waals surface area (Å²) in [6.07, 6.45) is -10.8. The molecular weight excluding hydrogens is 368 g/mol. The number of rotatable bonds is 6. The van der Waals surface area contributed by atoms with Gasteiger partial charge in [0.25, 0.3) is 0 Å². The third kappa shape index (κ3) is 6.57. The number of carbonyl (C=O) groups is 2. The molecule has 0 aliphatic carbocycles. The number of hydrogen-bond acceptors (Lipinski definition) is 2. The summed E-state index contributed by atoms with van der Waals surface area (Å²) in [5.74, 6) is -2.42. The summed E-state index contributed by atoms with van der Waals surface area (Å²) in [7, 11) is 0. The van der Waals surface area contributed by atoms with Gasteiger partial charge in [-0.25, -0.2) is 4.79 Å². The van der Waals surface area contributed by atoms with E-state index < -0.39 is 53.4 Å². The maximum Gasteiger partial charge on any atom is 0.416 e. The molecule has 1 aromatic rings. The lowest BCUT2D eigenvalue weighted by molar-refractivity contribution is -0.143. The number of carbonyl (C=O) groups excluding carboxylic acids is 1. The van der Waals surface area contributed by atoms with E-state index in [0.29, 0.717) is 12.1 Å². The molecule has 0 aliphatic rings. The molecule has 0 spiro atoms. The summed E-state index contributed by atoms with van der Waals surface area (Å²) in [6, 6.07) is -0.448. The van der Waals surface area contributed by atoms with Crippen LogP contribution in [0.3, 0.4) is 0 Å². The van der Waals surface area contributed by atoms with E-state index in [9.17, 15) is 35.9 Å². The average molecular weight is 385 g/mol. The molecule has 0 fully saturated rings. The summed E-state index contributed by atoms with van der Waals surface area (Å²) in [6.45, 7) is 3.40. The van der Waals surface area contributed by atoms with Crippen molar-refractivity contribution in [1.29, 1.82) is 0 Å². The van der Waals surface area contributed by atoms with Gasteiger partial charge < -0.3 is 10.4 Å². The molecule has 1 amide bonds. The van der Waals surface area contributed by atoms with Gasteiger partial charge in [-0.2, -0.15) is 26.3 Å². The molecule has 2 N–H and O–H groups in total. The predicted octanol–water partition coefficient (Wildman–Crippen LogP) is 3.88. The van der Waals surface area contributed by atoms with Gasteiger partial charge in [-0.1, -0.05) is 13.8 Å². The van der Waals surface area contributed by atoms with Crippen molar-refractivity contribution >= 4 is 11.9 Å². The Morgan fingerprint density at radius 1 is 1.00 bits per heavy atom. The quantitative estimate of drug-likeness (QED) is 0.731. The third-order valence-corrected chi connectivity index (χ3v) is 3.35. The molecule has 0 saturated heterocycles. The summed E-state index contributed by atoms with van der Waals surface area (Å²) in [5.41, 5.74) is -3.59. The highest BCUT2D eigenvalue weighted by Gasteiger charge is 2.37. The molecule has 1 rings (SSSR count). The van der Waals surface area contributed by atoms with Gasteiger partial charge in [0, 0.05) is 0 Å². The number of benzene rings is 1. The minimum Gasteiger partial charge on any atom is -0.480 e. The Morgan fingerprint density at radius 2 is 1.46 bits per heavy atom. The zero-order valence-electron chi connectivity index (χ0n) is 13.8. The number of aliphatic carboxylic acids is 1. The fourth-order valence-electron chi connectivity index (χ4n) is 2.25. The largest absolute Gasteiger partial charge is 0.480 e. The van der Waals surface area contributed by atoms with Crippen molar-refractivity contribution in [1.82, 2.24) is 5.32 Å². The first-order valence-electron chi connectivity index (χ1n) is 7.50. The van der Waals surface area contributed by atoms with Crippen molar-refractivity contribution in [2.75, 3.05) is 0 Å². The lowest BCUT2D eigenvalue weighted by atomic mass is 10.0. The van der Waals surface area contributed by atoms with E-state index in [1.807, 2.05) is 0 Å². The molecule has 0 saturated carbocycles. The summed E-state index contributed by atoms with van der Waals surface area (Å²) in [4.78, 5) is 23.0. The van der Waals surface area contributed by atoms with Crippen LogP contribution in [0.2, 0.25) is 0 Å². The monoisotopic (exact) mass is 385 g/mol. The van der Waals surface area contributed by atoms with Crippen molar-refractivity contribution in [3.63, 3.8) is 0 Å². The van der Waals surface area contributed by atoms with Gasteiger partial charge in [0.15, 0.2) is 0 Å². The number of carboxylic acids is 1. The zero-order valence-corrected chi connectivity index (χ0v) is 13.8. The Morgan fingerprint density at radius 3 is 1.81 bits per heavy atom. The molecule has 0 heterocycles. The number of amides is 1. The van der Waals surface area contributed by atoms with E-state index in [0.717, 1.165) is 0 Å². The van der Waals surface area contributed by atoms with E-state index in [4.69, 9.17) is 5.11 Å². The van der Waals surface area contributed by atoms with Crippen molar-refractivity contribution in [3.05, 3.63) is 34.9 Å². The predicted molar refractivity (Wildman–Crippen MR) is 79.2 cm³/mol. The number of halogens is 6. The van der Waals surface area contributed by atoms with E-state index in [2.05, 4.69) is 5.32 Å². The van der Waals surface area contributed by atoms with Crippen molar-refractivity contribution in [2.45, 2.75) is 45.1 Å². The lowest BCUT2D eigenvalue weighted by Gasteiger charge is -2.17. The van der Waals surface area contributed by atoms with Gasteiger partial charge in [0.05, 0.1) is 17.5 Å². The van der Waals surface area contributed by atoms with E-state index in [1.54, 1.807) is 13.8 Å². The molecule has 0 aromatic heterocycles. The molecule has 146 valence electrons. The molecule has 10 heteroatoms. The minimum atomic E-state index is -5.02. The first-order chi connectivity index (χ1) is 11.7. The Bertz CT molecular complexity index is 635. The highest BCUT2D eigenvalue weighted by atomic mass is 19.4. The molecule has 0 unspecified atom stereocenters. The summed E-state index contributed by atoms with van der Waals surface area (Å²) in [5, 5.41) is 11.1. The molecule has 4 nitrogen and oxygen atoms in total. The molecule has 0 bridgehead atoms. The number of alkyl halides is 6. The highest BCUT2D eigenvalue weighted by molar-refractivity contribution is 5.84. The van der Waals surface area contributed by atoms with Crippen LogP contribution in [-0.2, 0) is 28.4 Å². The van der Waals surface area contributed by atoms with E-state index in [-0.39, 0.29) is 18.4 Å². The Labute approximate surface area is 145 Å².